The maximum absolute atomic E-state index is 12.1. The molecule has 0 spiro atoms. The third-order valence-corrected chi connectivity index (χ3v) is 3.35. The van der Waals surface area contributed by atoms with Crippen LogP contribution in [-0.2, 0) is 6.42 Å². The van der Waals surface area contributed by atoms with Crippen LogP contribution >= 0.6 is 0 Å². The van der Waals surface area contributed by atoms with E-state index in [0.717, 1.165) is 17.7 Å². The van der Waals surface area contributed by atoms with Crippen LogP contribution in [0.1, 0.15) is 48.8 Å². The summed E-state index contributed by atoms with van der Waals surface area (Å²) >= 11 is 0. The number of amides is 1. The number of oxazole rings is 1. The number of carbonyl (C=O) groups excluding carboxylic acids is 1. The Morgan fingerprint density at radius 1 is 1.43 bits per heavy atom. The van der Waals surface area contributed by atoms with Crippen molar-refractivity contribution in [2.45, 2.75) is 33.2 Å². The quantitative estimate of drug-likeness (QED) is 0.885. The predicted octanol–water partition coefficient (Wildman–Crippen LogP) is 3.15. The van der Waals surface area contributed by atoms with Crippen molar-refractivity contribution in [3.8, 4) is 0 Å². The van der Waals surface area contributed by atoms with E-state index in [-0.39, 0.29) is 23.6 Å². The number of benzene rings is 1. The van der Waals surface area contributed by atoms with Gasteiger partial charge in [0.15, 0.2) is 5.69 Å². The highest BCUT2D eigenvalue weighted by Gasteiger charge is 2.19. The first-order valence-corrected chi connectivity index (χ1v) is 7.12. The lowest BCUT2D eigenvalue weighted by atomic mass is 10.1. The van der Waals surface area contributed by atoms with E-state index in [1.165, 1.54) is 6.26 Å². The normalized spacial score (nSPS) is 12.4. The number of aryl methyl sites for hydroxylation is 1. The minimum absolute atomic E-state index is 0.195. The number of hydrogen-bond acceptors (Lipinski definition) is 4. The van der Waals surface area contributed by atoms with Gasteiger partial charge >= 0.3 is 0 Å². The zero-order chi connectivity index (χ0) is 15.4. The van der Waals surface area contributed by atoms with Gasteiger partial charge in [0.05, 0.1) is 6.04 Å². The second-order valence-corrected chi connectivity index (χ2v) is 5.35. The van der Waals surface area contributed by atoms with Crippen LogP contribution in [0.2, 0.25) is 0 Å². The molecular formula is C16H21N3O2. The van der Waals surface area contributed by atoms with Gasteiger partial charge in [0.1, 0.15) is 6.26 Å². The molecule has 0 bridgehead atoms. The van der Waals surface area contributed by atoms with E-state index in [2.05, 4.69) is 17.2 Å². The molecular weight excluding hydrogens is 266 g/mol. The van der Waals surface area contributed by atoms with Gasteiger partial charge in [0, 0.05) is 5.69 Å². The van der Waals surface area contributed by atoms with Crippen LogP contribution < -0.4 is 11.1 Å². The van der Waals surface area contributed by atoms with Gasteiger partial charge in [0.2, 0.25) is 5.89 Å². The highest BCUT2D eigenvalue weighted by Crippen LogP contribution is 2.19. The summed E-state index contributed by atoms with van der Waals surface area (Å²) in [6.45, 7) is 6.02. The number of nitrogens with zero attached hydrogens (tertiary/aromatic N) is 1. The van der Waals surface area contributed by atoms with E-state index in [4.69, 9.17) is 10.2 Å². The van der Waals surface area contributed by atoms with Crippen molar-refractivity contribution in [2.75, 3.05) is 5.32 Å². The molecule has 2 aromatic rings. The molecule has 112 valence electrons. The maximum Gasteiger partial charge on any atom is 0.277 e. The zero-order valence-corrected chi connectivity index (χ0v) is 12.6. The summed E-state index contributed by atoms with van der Waals surface area (Å²) in [6, 6.07) is 7.41. The number of nitrogens with one attached hydrogen (secondary N) is 1. The highest BCUT2D eigenvalue weighted by atomic mass is 16.3. The van der Waals surface area contributed by atoms with Crippen LogP contribution in [0.5, 0.6) is 0 Å². The molecule has 5 nitrogen and oxygen atoms in total. The molecule has 21 heavy (non-hydrogen) atoms. The topological polar surface area (TPSA) is 81.2 Å². The van der Waals surface area contributed by atoms with E-state index in [0.29, 0.717) is 5.89 Å². The fourth-order valence-corrected chi connectivity index (χ4v) is 1.89. The second-order valence-electron chi connectivity index (χ2n) is 5.35. The maximum atomic E-state index is 12.1. The fourth-order valence-electron chi connectivity index (χ4n) is 1.89. The molecule has 1 amide bonds. The summed E-state index contributed by atoms with van der Waals surface area (Å²) in [5.74, 6) is 0.285. The zero-order valence-electron chi connectivity index (χ0n) is 12.6. The van der Waals surface area contributed by atoms with E-state index in [9.17, 15) is 4.79 Å². The van der Waals surface area contributed by atoms with Crippen LogP contribution in [0, 0.1) is 5.92 Å². The number of carbonyl (C=O) groups is 1. The van der Waals surface area contributed by atoms with Gasteiger partial charge in [0.25, 0.3) is 5.91 Å². The monoisotopic (exact) mass is 287 g/mol. The van der Waals surface area contributed by atoms with Crippen molar-refractivity contribution in [3.63, 3.8) is 0 Å². The smallest absolute Gasteiger partial charge is 0.277 e. The summed E-state index contributed by atoms with van der Waals surface area (Å²) in [7, 11) is 0. The Labute approximate surface area is 124 Å². The number of hydrogen-bond donors (Lipinski definition) is 2. The Hall–Kier alpha value is -2.14. The first-order chi connectivity index (χ1) is 10.0. The number of aromatic nitrogens is 1. The molecule has 5 heteroatoms. The van der Waals surface area contributed by atoms with Crippen LogP contribution in [0.4, 0.5) is 5.69 Å². The standard InChI is InChI=1S/C16H21N3O2/c1-4-11-6-5-7-12(8-11)18-15(20)13-9-21-16(19-13)14(17)10(2)3/h5-10,14H,4,17H2,1-3H3,(H,18,20). The molecule has 3 N–H and O–H groups in total. The summed E-state index contributed by atoms with van der Waals surface area (Å²) in [4.78, 5) is 16.3. The molecule has 0 radical (unpaired) electrons. The van der Waals surface area contributed by atoms with Crippen molar-refractivity contribution >= 4 is 11.6 Å². The van der Waals surface area contributed by atoms with Gasteiger partial charge in [-0.3, -0.25) is 4.79 Å². The van der Waals surface area contributed by atoms with Crippen molar-refractivity contribution < 1.29 is 9.21 Å². The van der Waals surface area contributed by atoms with Gasteiger partial charge in [-0.1, -0.05) is 32.9 Å². The molecule has 0 saturated carbocycles. The summed E-state index contributed by atoms with van der Waals surface area (Å²) in [5, 5.41) is 2.81. The Morgan fingerprint density at radius 3 is 2.86 bits per heavy atom. The molecule has 0 aliphatic heterocycles. The molecule has 1 aromatic carbocycles. The van der Waals surface area contributed by atoms with E-state index < -0.39 is 0 Å². The van der Waals surface area contributed by atoms with Gasteiger partial charge < -0.3 is 15.5 Å². The number of nitrogens with two attached hydrogens (primary N) is 1. The van der Waals surface area contributed by atoms with Crippen molar-refractivity contribution in [1.82, 2.24) is 4.98 Å². The molecule has 1 unspecified atom stereocenters. The lowest BCUT2D eigenvalue weighted by Crippen LogP contribution is -2.18. The Balaban J connectivity index is 2.10. The van der Waals surface area contributed by atoms with Crippen molar-refractivity contribution in [1.29, 1.82) is 0 Å². The Kier molecular flexibility index (Phi) is 4.75. The van der Waals surface area contributed by atoms with E-state index >= 15 is 0 Å². The number of anilines is 1. The fraction of sp³-hybridized carbons (Fsp3) is 0.375. The second kappa shape index (κ2) is 6.54. The van der Waals surface area contributed by atoms with Crippen LogP contribution in [0.15, 0.2) is 34.9 Å². The van der Waals surface area contributed by atoms with Gasteiger partial charge in [-0.25, -0.2) is 4.98 Å². The lowest BCUT2D eigenvalue weighted by Gasteiger charge is -2.10. The summed E-state index contributed by atoms with van der Waals surface area (Å²) in [5.41, 5.74) is 8.10. The van der Waals surface area contributed by atoms with Crippen molar-refractivity contribution in [3.05, 3.63) is 47.7 Å². The minimum Gasteiger partial charge on any atom is -0.446 e. The van der Waals surface area contributed by atoms with Crippen molar-refractivity contribution in [2.24, 2.45) is 11.7 Å². The molecule has 0 fully saturated rings. The highest BCUT2D eigenvalue weighted by molar-refractivity contribution is 6.02. The van der Waals surface area contributed by atoms with Crippen LogP contribution in [0.3, 0.4) is 0 Å². The molecule has 1 atom stereocenters. The molecule has 1 aromatic heterocycles. The van der Waals surface area contributed by atoms with Gasteiger partial charge in [-0.05, 0) is 30.0 Å². The van der Waals surface area contributed by atoms with Gasteiger partial charge in [-0.15, -0.1) is 0 Å². The van der Waals surface area contributed by atoms with E-state index in [1.54, 1.807) is 0 Å². The summed E-state index contributed by atoms with van der Waals surface area (Å²) < 4.78 is 5.29. The van der Waals surface area contributed by atoms with Gasteiger partial charge in [-0.2, -0.15) is 0 Å². The molecule has 0 aliphatic rings. The average Bonchev–Trinajstić information content (AvgIpc) is 2.96. The lowest BCUT2D eigenvalue weighted by molar-refractivity contribution is 0.102. The minimum atomic E-state index is -0.310. The van der Waals surface area contributed by atoms with Crippen LogP contribution in [-0.4, -0.2) is 10.9 Å². The number of rotatable bonds is 5. The third-order valence-electron chi connectivity index (χ3n) is 3.35. The third kappa shape index (κ3) is 3.70. The molecule has 2 rings (SSSR count). The first kappa shape index (κ1) is 15.3. The SMILES string of the molecule is CCc1cccc(NC(=O)c2coc(C(N)C(C)C)n2)c1. The molecule has 1 heterocycles. The summed E-state index contributed by atoms with van der Waals surface area (Å²) in [6.07, 6.45) is 2.26. The first-order valence-electron chi connectivity index (χ1n) is 7.12. The molecule has 0 aliphatic carbocycles. The average molecular weight is 287 g/mol. The predicted molar refractivity (Wildman–Crippen MR) is 82.0 cm³/mol. The Morgan fingerprint density at radius 2 is 2.19 bits per heavy atom. The van der Waals surface area contributed by atoms with E-state index in [1.807, 2.05) is 38.1 Å². The Bertz CT molecular complexity index is 619. The van der Waals surface area contributed by atoms with Crippen LogP contribution in [0.25, 0.3) is 0 Å². The molecule has 0 saturated heterocycles. The largest absolute Gasteiger partial charge is 0.446 e.